The molecule has 7 nitrogen and oxygen atoms in total. The molecule has 0 radical (unpaired) electrons. The molecule has 0 aromatic carbocycles. The maximum Gasteiger partial charge on any atom is 0.311 e. The number of aromatic nitrogens is 1. The number of nitrogen functional groups attached to an aromatic ring is 1. The van der Waals surface area contributed by atoms with Crippen LogP contribution in [-0.4, -0.2) is 52.7 Å². The first kappa shape index (κ1) is 14.3. The van der Waals surface area contributed by atoms with Gasteiger partial charge in [-0.25, -0.2) is 4.98 Å². The molecular weight excluding hydrogens is 262 g/mol. The zero-order chi connectivity index (χ0) is 14.7. The number of likely N-dealkylation sites (N-methyl/N-ethyl adjacent to an activating group) is 1. The second kappa shape index (κ2) is 5.87. The lowest BCUT2D eigenvalue weighted by Gasteiger charge is -2.29. The van der Waals surface area contributed by atoms with E-state index < -0.39 is 17.9 Å². The van der Waals surface area contributed by atoms with Gasteiger partial charge in [0.2, 0.25) is 0 Å². The summed E-state index contributed by atoms with van der Waals surface area (Å²) >= 11 is 0. The molecule has 7 heteroatoms. The first-order valence-electron chi connectivity index (χ1n) is 6.37. The summed E-state index contributed by atoms with van der Waals surface area (Å²) in [7, 11) is 0. The van der Waals surface area contributed by atoms with E-state index in [0.717, 1.165) is 0 Å². The van der Waals surface area contributed by atoms with Gasteiger partial charge in [-0.15, -0.1) is 0 Å². The third-order valence-electron chi connectivity index (χ3n) is 3.38. The quantitative estimate of drug-likeness (QED) is 0.817. The number of carbonyl (C=O) groups is 2. The Balaban J connectivity index is 2.21. The van der Waals surface area contributed by atoms with E-state index in [0.29, 0.717) is 12.2 Å². The molecule has 1 aliphatic rings. The minimum atomic E-state index is -0.955. The lowest BCUT2D eigenvalue weighted by molar-refractivity contribution is -0.142. The maximum absolute atomic E-state index is 12.4. The predicted octanol–water partition coefficient (Wildman–Crippen LogP) is 0.225. The number of rotatable bonds is 4. The van der Waals surface area contributed by atoms with Crippen molar-refractivity contribution >= 4 is 17.6 Å². The molecule has 0 bridgehead atoms. The molecule has 108 valence electrons. The van der Waals surface area contributed by atoms with Gasteiger partial charge in [0, 0.05) is 6.54 Å². The minimum Gasteiger partial charge on any atom is -0.481 e. The Kier molecular flexibility index (Phi) is 4.19. The Hall–Kier alpha value is -2.15. The van der Waals surface area contributed by atoms with Gasteiger partial charge in [-0.1, -0.05) is 0 Å². The van der Waals surface area contributed by atoms with Crippen LogP contribution in [0.4, 0.5) is 5.69 Å². The number of nitrogens with two attached hydrogens (primary N) is 1. The molecule has 2 rings (SSSR count). The van der Waals surface area contributed by atoms with E-state index in [9.17, 15) is 9.59 Å². The molecule has 0 spiro atoms. The van der Waals surface area contributed by atoms with Crippen molar-refractivity contribution in [2.75, 3.05) is 25.5 Å². The number of pyridine rings is 1. The summed E-state index contributed by atoms with van der Waals surface area (Å²) in [6.45, 7) is 2.54. The Morgan fingerprint density at radius 2 is 2.25 bits per heavy atom. The highest BCUT2D eigenvalue weighted by Gasteiger charge is 2.39. The zero-order valence-corrected chi connectivity index (χ0v) is 11.2. The Bertz CT molecular complexity index is 503. The van der Waals surface area contributed by atoms with Crippen molar-refractivity contribution in [1.29, 1.82) is 0 Å². The van der Waals surface area contributed by atoms with Gasteiger partial charge >= 0.3 is 5.97 Å². The lowest BCUT2D eigenvalue weighted by atomic mass is 10.0. The molecule has 1 aliphatic heterocycles. The molecule has 2 heterocycles. The minimum absolute atomic E-state index is 0.124. The van der Waals surface area contributed by atoms with Crippen LogP contribution in [0.5, 0.6) is 0 Å². The van der Waals surface area contributed by atoms with Crippen LogP contribution in [0, 0.1) is 5.92 Å². The average molecular weight is 279 g/mol. The summed E-state index contributed by atoms with van der Waals surface area (Å²) < 4.78 is 5.20. The van der Waals surface area contributed by atoms with E-state index in [4.69, 9.17) is 15.6 Å². The van der Waals surface area contributed by atoms with Crippen molar-refractivity contribution in [3.63, 3.8) is 0 Å². The van der Waals surface area contributed by atoms with Crippen LogP contribution >= 0.6 is 0 Å². The van der Waals surface area contributed by atoms with Crippen molar-refractivity contribution < 1.29 is 19.4 Å². The van der Waals surface area contributed by atoms with Crippen molar-refractivity contribution in [2.24, 2.45) is 5.92 Å². The molecule has 1 fully saturated rings. The molecule has 1 aromatic heterocycles. The fourth-order valence-electron chi connectivity index (χ4n) is 2.29. The van der Waals surface area contributed by atoms with E-state index in [1.807, 2.05) is 0 Å². The number of carboxylic acids is 1. The number of nitrogens with zero attached hydrogens (tertiary/aromatic N) is 2. The number of anilines is 1. The third-order valence-corrected chi connectivity index (χ3v) is 3.38. The highest BCUT2D eigenvalue weighted by Crippen LogP contribution is 2.21. The third kappa shape index (κ3) is 2.72. The van der Waals surface area contributed by atoms with E-state index in [1.54, 1.807) is 13.0 Å². The van der Waals surface area contributed by atoms with Gasteiger partial charge in [-0.05, 0) is 19.1 Å². The van der Waals surface area contributed by atoms with Crippen molar-refractivity contribution in [1.82, 2.24) is 9.88 Å². The summed E-state index contributed by atoms with van der Waals surface area (Å²) in [6.07, 6.45) is 1.40. The van der Waals surface area contributed by atoms with E-state index >= 15 is 0 Å². The van der Waals surface area contributed by atoms with E-state index in [-0.39, 0.29) is 24.8 Å². The number of carboxylic acid groups (broad SMARTS) is 1. The van der Waals surface area contributed by atoms with Gasteiger partial charge in [0.15, 0.2) is 0 Å². The molecule has 2 unspecified atom stereocenters. The Morgan fingerprint density at radius 1 is 1.50 bits per heavy atom. The van der Waals surface area contributed by atoms with E-state index in [1.165, 1.54) is 17.2 Å². The number of hydrogen-bond acceptors (Lipinski definition) is 5. The fraction of sp³-hybridized carbons (Fsp3) is 0.462. The molecular formula is C13H17N3O4. The average Bonchev–Trinajstić information content (AvgIpc) is 2.89. The molecule has 0 saturated carbocycles. The highest BCUT2D eigenvalue weighted by molar-refractivity contribution is 5.93. The first-order chi connectivity index (χ1) is 9.54. The molecule has 0 aliphatic carbocycles. The van der Waals surface area contributed by atoms with Gasteiger partial charge < -0.3 is 20.5 Å². The van der Waals surface area contributed by atoms with Crippen LogP contribution in [0.3, 0.4) is 0 Å². The van der Waals surface area contributed by atoms with Crippen LogP contribution in [0.25, 0.3) is 0 Å². The van der Waals surface area contributed by atoms with Crippen LogP contribution in [0.1, 0.15) is 17.4 Å². The number of carbonyl (C=O) groups excluding carboxylic acids is 1. The molecule has 1 aromatic rings. The highest BCUT2D eigenvalue weighted by atomic mass is 16.5. The monoisotopic (exact) mass is 279 g/mol. The molecule has 3 N–H and O–H groups in total. The first-order valence-corrected chi connectivity index (χ1v) is 6.37. The normalized spacial score (nSPS) is 21.6. The van der Waals surface area contributed by atoms with Crippen LogP contribution < -0.4 is 5.73 Å². The summed E-state index contributed by atoms with van der Waals surface area (Å²) in [4.78, 5) is 29.1. The molecule has 2 atom stereocenters. The summed E-state index contributed by atoms with van der Waals surface area (Å²) in [5, 5.41) is 9.17. The van der Waals surface area contributed by atoms with Gasteiger partial charge in [0.25, 0.3) is 5.91 Å². The molecule has 1 amide bonds. The topological polar surface area (TPSA) is 106 Å². The number of ether oxygens (including phenoxy) is 1. The van der Waals surface area contributed by atoms with Crippen LogP contribution in [-0.2, 0) is 9.53 Å². The fourth-order valence-corrected chi connectivity index (χ4v) is 2.29. The van der Waals surface area contributed by atoms with Crippen molar-refractivity contribution in [2.45, 2.75) is 13.0 Å². The van der Waals surface area contributed by atoms with Crippen LogP contribution in [0.15, 0.2) is 18.3 Å². The second-order valence-corrected chi connectivity index (χ2v) is 4.62. The summed E-state index contributed by atoms with van der Waals surface area (Å²) in [5.41, 5.74) is 6.25. The largest absolute Gasteiger partial charge is 0.481 e. The Morgan fingerprint density at radius 3 is 2.80 bits per heavy atom. The summed E-state index contributed by atoms with van der Waals surface area (Å²) in [6, 6.07) is 2.66. The number of hydrogen-bond donors (Lipinski definition) is 2. The van der Waals surface area contributed by atoms with Gasteiger partial charge in [-0.3, -0.25) is 9.59 Å². The number of aliphatic carboxylic acids is 1. The standard InChI is InChI=1S/C13H17N3O4/c1-2-16(11-7-20-6-9(11)13(18)19)12(17)10-4-3-8(14)5-15-10/h3-5,9,11H,2,6-7,14H2,1H3,(H,18,19). The lowest BCUT2D eigenvalue weighted by Crippen LogP contribution is -2.46. The van der Waals surface area contributed by atoms with Gasteiger partial charge in [0.1, 0.15) is 11.6 Å². The molecule has 1 saturated heterocycles. The van der Waals surface area contributed by atoms with Gasteiger partial charge in [0.05, 0.1) is 31.1 Å². The second-order valence-electron chi connectivity index (χ2n) is 4.62. The Labute approximate surface area is 116 Å². The van der Waals surface area contributed by atoms with Gasteiger partial charge in [-0.2, -0.15) is 0 Å². The van der Waals surface area contributed by atoms with Crippen molar-refractivity contribution in [3.8, 4) is 0 Å². The zero-order valence-electron chi connectivity index (χ0n) is 11.2. The maximum atomic E-state index is 12.4. The number of amides is 1. The molecule has 20 heavy (non-hydrogen) atoms. The van der Waals surface area contributed by atoms with E-state index in [2.05, 4.69) is 4.98 Å². The van der Waals surface area contributed by atoms with Crippen LogP contribution in [0.2, 0.25) is 0 Å². The van der Waals surface area contributed by atoms with Crippen molar-refractivity contribution in [3.05, 3.63) is 24.0 Å². The summed E-state index contributed by atoms with van der Waals surface area (Å²) in [5.74, 6) is -1.97. The SMILES string of the molecule is CCN(C(=O)c1ccc(N)cn1)C1COCC1C(=O)O. The predicted molar refractivity (Wildman–Crippen MR) is 71.1 cm³/mol. The smallest absolute Gasteiger partial charge is 0.311 e.